The molecule has 34 heavy (non-hydrogen) atoms. The molecule has 0 spiro atoms. The van der Waals surface area contributed by atoms with Gasteiger partial charge in [0.25, 0.3) is 0 Å². The molecule has 5 aromatic rings. The fourth-order valence-corrected chi connectivity index (χ4v) is 3.23. The van der Waals surface area contributed by atoms with E-state index in [0.29, 0.717) is 24.4 Å². The van der Waals surface area contributed by atoms with Crippen LogP contribution in [0.4, 0.5) is 29.2 Å². The lowest BCUT2D eigenvalue weighted by Gasteiger charge is -2.11. The number of anilines is 5. The first-order valence-corrected chi connectivity index (χ1v) is 10.6. The molecular formula is C25H21N7O2. The molecule has 0 atom stereocenters. The van der Waals surface area contributed by atoms with Crippen molar-refractivity contribution in [1.29, 1.82) is 0 Å². The lowest BCUT2D eigenvalue weighted by atomic mass is 10.1. The summed E-state index contributed by atoms with van der Waals surface area (Å²) in [6.07, 6.45) is 5.19. The van der Waals surface area contributed by atoms with Crippen LogP contribution in [-0.4, -0.2) is 25.0 Å². The summed E-state index contributed by atoms with van der Waals surface area (Å²) >= 11 is 0. The minimum Gasteiger partial charge on any atom is -0.508 e. The maximum Gasteiger partial charge on any atom is 0.233 e. The average Bonchev–Trinajstić information content (AvgIpc) is 3.39. The normalized spacial score (nSPS) is 10.6. The number of hydrogen-bond acceptors (Lipinski definition) is 9. The number of nitrogens with one attached hydrogen (secondary N) is 3. The smallest absolute Gasteiger partial charge is 0.233 e. The van der Waals surface area contributed by atoms with Gasteiger partial charge in [0.05, 0.1) is 12.8 Å². The molecule has 2 aromatic carbocycles. The molecule has 5 rings (SSSR count). The zero-order valence-corrected chi connectivity index (χ0v) is 18.0. The van der Waals surface area contributed by atoms with Gasteiger partial charge < -0.3 is 25.5 Å². The van der Waals surface area contributed by atoms with Crippen LogP contribution in [0.15, 0.2) is 95.9 Å². The number of nitrogens with zero attached hydrogens (tertiary/aromatic N) is 4. The zero-order chi connectivity index (χ0) is 23.2. The molecule has 3 aromatic heterocycles. The van der Waals surface area contributed by atoms with E-state index in [4.69, 9.17) is 4.42 Å². The largest absolute Gasteiger partial charge is 0.508 e. The van der Waals surface area contributed by atoms with Gasteiger partial charge in [-0.3, -0.25) is 4.98 Å². The Bertz CT molecular complexity index is 1340. The van der Waals surface area contributed by atoms with E-state index < -0.39 is 0 Å². The van der Waals surface area contributed by atoms with Crippen molar-refractivity contribution in [2.75, 3.05) is 16.0 Å². The molecule has 3 heterocycles. The molecule has 0 aliphatic rings. The van der Waals surface area contributed by atoms with Gasteiger partial charge in [-0.25, -0.2) is 0 Å². The standard InChI is InChI=1S/C25H21N7O2/c33-21-11-9-20(10-12-21)29-25-31-23(27-16-22-4-2-14-34-22)30-24(32-25)28-19-7-5-17(6-8-19)18-3-1-13-26-15-18/h1-15,33H,16H2,(H3,27,28,29,30,31,32). The first kappa shape index (κ1) is 21.0. The maximum atomic E-state index is 9.53. The Morgan fingerprint density at radius 3 is 2.00 bits per heavy atom. The van der Waals surface area contributed by atoms with E-state index in [1.807, 2.05) is 54.7 Å². The Morgan fingerprint density at radius 1 is 0.706 bits per heavy atom. The molecule has 0 saturated carbocycles. The summed E-state index contributed by atoms with van der Waals surface area (Å²) in [6, 6.07) is 22.2. The number of phenols is 1. The summed E-state index contributed by atoms with van der Waals surface area (Å²) < 4.78 is 5.37. The van der Waals surface area contributed by atoms with Crippen LogP contribution in [0.2, 0.25) is 0 Å². The topological polar surface area (TPSA) is 121 Å². The summed E-state index contributed by atoms with van der Waals surface area (Å²) in [7, 11) is 0. The highest BCUT2D eigenvalue weighted by Crippen LogP contribution is 2.23. The van der Waals surface area contributed by atoms with Crippen LogP contribution < -0.4 is 16.0 Å². The Labute approximate surface area is 195 Å². The third-order valence-corrected chi connectivity index (χ3v) is 4.90. The van der Waals surface area contributed by atoms with E-state index in [-0.39, 0.29) is 5.75 Å². The van der Waals surface area contributed by atoms with E-state index in [9.17, 15) is 5.11 Å². The predicted octanol–water partition coefficient (Wildman–Crippen LogP) is 5.33. The van der Waals surface area contributed by atoms with Crippen LogP contribution in [0.5, 0.6) is 5.75 Å². The molecule has 0 radical (unpaired) electrons. The van der Waals surface area contributed by atoms with Crippen molar-refractivity contribution in [2.45, 2.75) is 6.54 Å². The second-order valence-corrected chi connectivity index (χ2v) is 7.36. The fourth-order valence-electron chi connectivity index (χ4n) is 3.23. The quantitative estimate of drug-likeness (QED) is 0.232. The Hall–Kier alpha value is -4.92. The molecule has 0 fully saturated rings. The van der Waals surface area contributed by atoms with E-state index in [1.54, 1.807) is 36.7 Å². The number of aromatic nitrogens is 4. The lowest BCUT2D eigenvalue weighted by Crippen LogP contribution is -2.09. The molecule has 0 aliphatic heterocycles. The van der Waals surface area contributed by atoms with Crippen molar-refractivity contribution in [3.8, 4) is 16.9 Å². The number of rotatable bonds is 8. The molecule has 0 saturated heterocycles. The van der Waals surface area contributed by atoms with Crippen molar-refractivity contribution in [2.24, 2.45) is 0 Å². The van der Waals surface area contributed by atoms with E-state index in [1.165, 1.54) is 0 Å². The van der Waals surface area contributed by atoms with Crippen molar-refractivity contribution < 1.29 is 9.52 Å². The van der Waals surface area contributed by atoms with Crippen LogP contribution in [0.3, 0.4) is 0 Å². The highest BCUT2D eigenvalue weighted by atomic mass is 16.3. The molecule has 0 unspecified atom stereocenters. The minimum absolute atomic E-state index is 0.180. The molecule has 168 valence electrons. The third-order valence-electron chi connectivity index (χ3n) is 4.90. The van der Waals surface area contributed by atoms with Gasteiger partial charge in [-0.1, -0.05) is 18.2 Å². The lowest BCUT2D eigenvalue weighted by molar-refractivity contribution is 0.475. The average molecular weight is 451 g/mol. The Morgan fingerprint density at radius 2 is 1.38 bits per heavy atom. The summed E-state index contributed by atoms with van der Waals surface area (Å²) in [5.41, 5.74) is 3.66. The van der Waals surface area contributed by atoms with Crippen molar-refractivity contribution in [3.63, 3.8) is 0 Å². The molecular weight excluding hydrogens is 430 g/mol. The minimum atomic E-state index is 0.180. The zero-order valence-electron chi connectivity index (χ0n) is 18.0. The monoisotopic (exact) mass is 451 g/mol. The van der Waals surface area contributed by atoms with Gasteiger partial charge in [-0.05, 0) is 65.7 Å². The first-order chi connectivity index (χ1) is 16.7. The van der Waals surface area contributed by atoms with E-state index in [2.05, 4.69) is 35.9 Å². The highest BCUT2D eigenvalue weighted by Gasteiger charge is 2.09. The number of benzene rings is 2. The van der Waals surface area contributed by atoms with Crippen LogP contribution >= 0.6 is 0 Å². The van der Waals surface area contributed by atoms with Crippen LogP contribution in [0.25, 0.3) is 11.1 Å². The Balaban J connectivity index is 1.38. The second kappa shape index (κ2) is 9.70. The number of aromatic hydroxyl groups is 1. The van der Waals surface area contributed by atoms with Crippen LogP contribution in [0, 0.1) is 0 Å². The summed E-state index contributed by atoms with van der Waals surface area (Å²) in [4.78, 5) is 17.6. The molecule has 4 N–H and O–H groups in total. The van der Waals surface area contributed by atoms with Gasteiger partial charge in [0.1, 0.15) is 11.5 Å². The van der Waals surface area contributed by atoms with Gasteiger partial charge in [-0.15, -0.1) is 0 Å². The Kier molecular flexibility index (Phi) is 5.98. The molecule has 0 amide bonds. The van der Waals surface area contributed by atoms with E-state index in [0.717, 1.165) is 28.3 Å². The van der Waals surface area contributed by atoms with Crippen molar-refractivity contribution in [1.82, 2.24) is 19.9 Å². The van der Waals surface area contributed by atoms with Gasteiger partial charge in [0.2, 0.25) is 17.8 Å². The maximum absolute atomic E-state index is 9.53. The molecule has 9 nitrogen and oxygen atoms in total. The highest BCUT2D eigenvalue weighted by molar-refractivity contribution is 5.67. The number of furan rings is 1. The number of hydrogen-bond donors (Lipinski definition) is 4. The SMILES string of the molecule is Oc1ccc(Nc2nc(NCc3ccco3)nc(Nc3ccc(-c4cccnc4)cc3)n2)cc1. The summed E-state index contributed by atoms with van der Waals surface area (Å²) in [5, 5.41) is 19.1. The first-order valence-electron chi connectivity index (χ1n) is 10.6. The van der Waals surface area contributed by atoms with Gasteiger partial charge in [0.15, 0.2) is 0 Å². The van der Waals surface area contributed by atoms with Crippen LogP contribution in [-0.2, 0) is 6.54 Å². The van der Waals surface area contributed by atoms with E-state index >= 15 is 0 Å². The molecule has 0 aliphatic carbocycles. The fraction of sp³-hybridized carbons (Fsp3) is 0.0400. The summed E-state index contributed by atoms with van der Waals surface area (Å²) in [5.74, 6) is 2.03. The van der Waals surface area contributed by atoms with Crippen LogP contribution in [0.1, 0.15) is 5.76 Å². The van der Waals surface area contributed by atoms with Gasteiger partial charge in [0, 0.05) is 23.8 Å². The van der Waals surface area contributed by atoms with Gasteiger partial charge >= 0.3 is 0 Å². The molecule has 0 bridgehead atoms. The summed E-state index contributed by atoms with van der Waals surface area (Å²) in [6.45, 7) is 0.426. The third kappa shape index (κ3) is 5.28. The number of phenolic OH excluding ortho intramolecular Hbond substituents is 1. The van der Waals surface area contributed by atoms with Crippen molar-refractivity contribution >= 4 is 29.2 Å². The predicted molar refractivity (Wildman–Crippen MR) is 130 cm³/mol. The number of pyridine rings is 1. The molecule has 9 heteroatoms. The second-order valence-electron chi connectivity index (χ2n) is 7.36. The van der Waals surface area contributed by atoms with Gasteiger partial charge in [-0.2, -0.15) is 15.0 Å². The van der Waals surface area contributed by atoms with Crippen molar-refractivity contribution in [3.05, 3.63) is 97.2 Å².